The molecule has 3 heteroatoms. The summed E-state index contributed by atoms with van der Waals surface area (Å²) in [6.45, 7) is 2.18. The van der Waals surface area contributed by atoms with Gasteiger partial charge in [-0.15, -0.1) is 0 Å². The van der Waals surface area contributed by atoms with E-state index in [1.165, 1.54) is 0 Å². The van der Waals surface area contributed by atoms with Crippen LogP contribution < -0.4 is 9.47 Å². The summed E-state index contributed by atoms with van der Waals surface area (Å²) < 4.78 is 10.8. The lowest BCUT2D eigenvalue weighted by atomic mass is 9.80. The van der Waals surface area contributed by atoms with Crippen LogP contribution in [0.4, 0.5) is 0 Å². The van der Waals surface area contributed by atoms with Crippen molar-refractivity contribution in [1.29, 1.82) is 0 Å². The second-order valence-corrected chi connectivity index (χ2v) is 6.67. The molecule has 3 nitrogen and oxygen atoms in total. The number of ether oxygens (including phenoxy) is 2. The van der Waals surface area contributed by atoms with E-state index in [0.717, 1.165) is 46.6 Å². The van der Waals surface area contributed by atoms with Crippen molar-refractivity contribution in [2.45, 2.75) is 19.8 Å². The van der Waals surface area contributed by atoms with Crippen molar-refractivity contribution in [3.8, 4) is 11.5 Å². The Kier molecular flexibility index (Phi) is 5.57. The van der Waals surface area contributed by atoms with Crippen LogP contribution >= 0.6 is 0 Å². The number of ketones is 1. The molecule has 1 saturated carbocycles. The maximum Gasteiger partial charge on any atom is 0.185 e. The Labute approximate surface area is 155 Å². The molecule has 0 spiro atoms. The topological polar surface area (TPSA) is 35.5 Å². The first-order chi connectivity index (χ1) is 12.6. The highest BCUT2D eigenvalue weighted by atomic mass is 16.5. The number of hydrogen-bond donors (Lipinski definition) is 0. The summed E-state index contributed by atoms with van der Waals surface area (Å²) >= 11 is 0. The first kappa shape index (κ1) is 18.0. The SMILES string of the molecule is COc1ccccc1/C=C1/CC(C)C/C(=C\c2ccccc2OC)C1=O. The Hall–Kier alpha value is -2.81. The van der Waals surface area contributed by atoms with E-state index in [0.29, 0.717) is 5.92 Å². The molecule has 2 aromatic carbocycles. The fourth-order valence-electron chi connectivity index (χ4n) is 3.41. The fraction of sp³-hybridized carbons (Fsp3) is 0.261. The quantitative estimate of drug-likeness (QED) is 0.715. The lowest BCUT2D eigenvalue weighted by molar-refractivity contribution is -0.113. The molecular formula is C23H24O3. The van der Waals surface area contributed by atoms with Crippen LogP contribution in [0.15, 0.2) is 59.7 Å². The van der Waals surface area contributed by atoms with Gasteiger partial charge in [0.1, 0.15) is 11.5 Å². The molecule has 0 radical (unpaired) electrons. The van der Waals surface area contributed by atoms with Crippen molar-refractivity contribution in [2.24, 2.45) is 5.92 Å². The molecule has 0 aromatic heterocycles. The van der Waals surface area contributed by atoms with E-state index in [-0.39, 0.29) is 5.78 Å². The summed E-state index contributed by atoms with van der Waals surface area (Å²) in [4.78, 5) is 13.1. The van der Waals surface area contributed by atoms with E-state index >= 15 is 0 Å². The molecule has 26 heavy (non-hydrogen) atoms. The van der Waals surface area contributed by atoms with E-state index in [1.807, 2.05) is 60.7 Å². The monoisotopic (exact) mass is 348 g/mol. The van der Waals surface area contributed by atoms with Crippen LogP contribution in [0.5, 0.6) is 11.5 Å². The van der Waals surface area contributed by atoms with Crippen molar-refractivity contribution >= 4 is 17.9 Å². The second-order valence-electron chi connectivity index (χ2n) is 6.67. The number of Topliss-reactive ketones (excluding diaryl/α,β-unsaturated/α-hetero) is 1. The third-order valence-corrected chi connectivity index (χ3v) is 4.66. The smallest absolute Gasteiger partial charge is 0.185 e. The maximum atomic E-state index is 13.1. The Morgan fingerprint density at radius 3 is 1.65 bits per heavy atom. The first-order valence-corrected chi connectivity index (χ1v) is 8.84. The minimum absolute atomic E-state index is 0.111. The molecular weight excluding hydrogens is 324 g/mol. The number of methoxy groups -OCH3 is 2. The molecule has 1 fully saturated rings. The number of carbonyl (C=O) groups excluding carboxylic acids is 1. The number of hydrogen-bond acceptors (Lipinski definition) is 3. The first-order valence-electron chi connectivity index (χ1n) is 8.84. The summed E-state index contributed by atoms with van der Waals surface area (Å²) in [6.07, 6.45) is 5.49. The predicted molar refractivity (Wildman–Crippen MR) is 105 cm³/mol. The number of allylic oxidation sites excluding steroid dienone is 2. The van der Waals surface area contributed by atoms with Crippen molar-refractivity contribution < 1.29 is 14.3 Å². The van der Waals surface area contributed by atoms with E-state index in [4.69, 9.17) is 9.47 Å². The van der Waals surface area contributed by atoms with Gasteiger partial charge in [-0.2, -0.15) is 0 Å². The third-order valence-electron chi connectivity index (χ3n) is 4.66. The minimum atomic E-state index is 0.111. The summed E-state index contributed by atoms with van der Waals surface area (Å²) in [7, 11) is 3.30. The van der Waals surface area contributed by atoms with Crippen molar-refractivity contribution in [2.75, 3.05) is 14.2 Å². The van der Waals surface area contributed by atoms with Crippen LogP contribution in [0, 0.1) is 5.92 Å². The molecule has 1 atom stereocenters. The van der Waals surface area contributed by atoms with Gasteiger partial charge < -0.3 is 9.47 Å². The molecule has 134 valence electrons. The Morgan fingerprint density at radius 2 is 1.23 bits per heavy atom. The van der Waals surface area contributed by atoms with Gasteiger partial charge >= 0.3 is 0 Å². The zero-order valence-electron chi connectivity index (χ0n) is 15.5. The molecule has 1 aliphatic carbocycles. The number of benzene rings is 2. The lowest BCUT2D eigenvalue weighted by Crippen LogP contribution is -2.18. The summed E-state index contributed by atoms with van der Waals surface area (Å²) in [5, 5.41) is 0. The van der Waals surface area contributed by atoms with Gasteiger partial charge in [0.05, 0.1) is 14.2 Å². The van der Waals surface area contributed by atoms with Gasteiger partial charge in [-0.25, -0.2) is 0 Å². The number of para-hydroxylation sites is 2. The molecule has 2 aromatic rings. The van der Waals surface area contributed by atoms with Crippen LogP contribution in [0.2, 0.25) is 0 Å². The molecule has 0 N–H and O–H groups in total. The van der Waals surface area contributed by atoms with E-state index in [9.17, 15) is 4.79 Å². The summed E-state index contributed by atoms with van der Waals surface area (Å²) in [5.74, 6) is 2.08. The highest BCUT2D eigenvalue weighted by Gasteiger charge is 2.25. The third kappa shape index (κ3) is 3.88. The van der Waals surface area contributed by atoms with E-state index in [2.05, 4.69) is 6.92 Å². The predicted octanol–water partition coefficient (Wildman–Crippen LogP) is 5.17. The van der Waals surface area contributed by atoms with Crippen LogP contribution in [-0.4, -0.2) is 20.0 Å². The van der Waals surface area contributed by atoms with Gasteiger partial charge in [-0.1, -0.05) is 43.3 Å². The van der Waals surface area contributed by atoms with Gasteiger partial charge in [0.25, 0.3) is 0 Å². The lowest BCUT2D eigenvalue weighted by Gasteiger charge is -2.23. The highest BCUT2D eigenvalue weighted by Crippen LogP contribution is 2.34. The van der Waals surface area contributed by atoms with Crippen LogP contribution in [0.1, 0.15) is 30.9 Å². The van der Waals surface area contributed by atoms with Crippen molar-refractivity contribution in [3.63, 3.8) is 0 Å². The minimum Gasteiger partial charge on any atom is -0.496 e. The van der Waals surface area contributed by atoms with Gasteiger partial charge in [0, 0.05) is 22.3 Å². The Balaban J connectivity index is 1.98. The van der Waals surface area contributed by atoms with Gasteiger partial charge in [-0.3, -0.25) is 4.79 Å². The van der Waals surface area contributed by atoms with Gasteiger partial charge in [0.15, 0.2) is 5.78 Å². The fourth-order valence-corrected chi connectivity index (χ4v) is 3.41. The summed E-state index contributed by atoms with van der Waals surface area (Å²) in [6, 6.07) is 15.5. The zero-order chi connectivity index (χ0) is 18.5. The second kappa shape index (κ2) is 8.05. The molecule has 0 saturated heterocycles. The maximum absolute atomic E-state index is 13.1. The van der Waals surface area contributed by atoms with E-state index in [1.54, 1.807) is 14.2 Å². The van der Waals surface area contributed by atoms with Crippen LogP contribution in [0.3, 0.4) is 0 Å². The highest BCUT2D eigenvalue weighted by molar-refractivity contribution is 6.14. The van der Waals surface area contributed by atoms with Crippen molar-refractivity contribution in [1.82, 2.24) is 0 Å². The van der Waals surface area contributed by atoms with Crippen LogP contribution in [-0.2, 0) is 4.79 Å². The normalized spacial score (nSPS) is 20.4. The molecule has 0 bridgehead atoms. The standard InChI is InChI=1S/C23H24O3/c1-16-12-19(14-17-8-4-6-10-21(17)25-2)23(24)20(13-16)15-18-9-5-7-11-22(18)26-3/h4-11,14-16H,12-13H2,1-3H3/b19-14-,20-15+. The van der Waals surface area contributed by atoms with Crippen molar-refractivity contribution in [3.05, 3.63) is 70.8 Å². The van der Waals surface area contributed by atoms with Gasteiger partial charge in [-0.05, 0) is 43.0 Å². The number of carbonyl (C=O) groups is 1. The average molecular weight is 348 g/mol. The Bertz CT molecular complexity index is 792. The number of rotatable bonds is 4. The molecule has 3 rings (SSSR count). The van der Waals surface area contributed by atoms with Gasteiger partial charge in [0.2, 0.25) is 0 Å². The Morgan fingerprint density at radius 1 is 0.808 bits per heavy atom. The van der Waals surface area contributed by atoms with Crippen LogP contribution in [0.25, 0.3) is 12.2 Å². The molecule has 1 unspecified atom stereocenters. The average Bonchev–Trinajstić information content (AvgIpc) is 2.66. The molecule has 0 heterocycles. The molecule has 0 aliphatic heterocycles. The molecule has 0 amide bonds. The molecule has 1 aliphatic rings. The zero-order valence-corrected chi connectivity index (χ0v) is 15.5. The largest absolute Gasteiger partial charge is 0.496 e. The van der Waals surface area contributed by atoms with E-state index < -0.39 is 0 Å². The summed E-state index contributed by atoms with van der Waals surface area (Å²) in [5.41, 5.74) is 3.52.